The Labute approximate surface area is 218 Å². The van der Waals surface area contributed by atoms with Crippen LogP contribution in [-0.4, -0.2) is 28.3 Å². The summed E-state index contributed by atoms with van der Waals surface area (Å²) in [5, 5.41) is 0. The van der Waals surface area contributed by atoms with E-state index >= 15 is 0 Å². The average molecular weight is 497 g/mol. The molecule has 1 aliphatic rings. The van der Waals surface area contributed by atoms with Gasteiger partial charge < -0.3 is 18.9 Å². The first kappa shape index (κ1) is 25.1. The van der Waals surface area contributed by atoms with Crippen molar-refractivity contribution in [3.8, 4) is 6.01 Å². The van der Waals surface area contributed by atoms with Crippen LogP contribution in [0.3, 0.4) is 0 Å². The monoisotopic (exact) mass is 496 g/mol. The zero-order chi connectivity index (χ0) is 25.3. The van der Waals surface area contributed by atoms with Crippen LogP contribution in [0, 0.1) is 0 Å². The van der Waals surface area contributed by atoms with Gasteiger partial charge in [0.1, 0.15) is 24.9 Å². The number of ether oxygens (including phenoxy) is 4. The van der Waals surface area contributed by atoms with Crippen LogP contribution in [0.1, 0.15) is 41.7 Å². The molecule has 4 atom stereocenters. The molecule has 0 saturated carbocycles. The number of aromatic nitrogens is 2. The van der Waals surface area contributed by atoms with Gasteiger partial charge in [-0.25, -0.2) is 9.97 Å². The van der Waals surface area contributed by atoms with Crippen molar-refractivity contribution >= 4 is 0 Å². The minimum Gasteiger partial charge on any atom is -0.459 e. The van der Waals surface area contributed by atoms with Crippen molar-refractivity contribution < 1.29 is 18.9 Å². The molecule has 0 spiro atoms. The summed E-state index contributed by atoms with van der Waals surface area (Å²) in [4.78, 5) is 8.90. The molecule has 0 amide bonds. The van der Waals surface area contributed by atoms with Gasteiger partial charge in [0, 0.05) is 18.0 Å². The smallest absolute Gasteiger partial charge is 0.316 e. The molecule has 5 rings (SSSR count). The number of benzene rings is 3. The first-order valence-corrected chi connectivity index (χ1v) is 12.8. The predicted octanol–water partition coefficient (Wildman–Crippen LogP) is 6.08. The molecule has 3 aromatic carbocycles. The van der Waals surface area contributed by atoms with E-state index in [-0.39, 0.29) is 24.4 Å². The largest absolute Gasteiger partial charge is 0.459 e. The first-order valence-electron chi connectivity index (χ1n) is 12.8. The van der Waals surface area contributed by atoms with Crippen LogP contribution < -0.4 is 4.74 Å². The molecule has 4 aromatic rings. The Morgan fingerprint density at radius 3 is 1.65 bits per heavy atom. The molecule has 0 radical (unpaired) electrons. The predicted molar refractivity (Wildman–Crippen MR) is 141 cm³/mol. The summed E-state index contributed by atoms with van der Waals surface area (Å²) in [6.07, 6.45) is 3.34. The van der Waals surface area contributed by atoms with E-state index in [1.807, 2.05) is 66.7 Å². The normalized spacial score (nSPS) is 21.1. The molecule has 37 heavy (non-hydrogen) atoms. The lowest BCUT2D eigenvalue weighted by Gasteiger charge is -2.25. The Kier molecular flexibility index (Phi) is 8.54. The van der Waals surface area contributed by atoms with Crippen LogP contribution in [0.5, 0.6) is 6.01 Å². The van der Waals surface area contributed by atoms with E-state index in [2.05, 4.69) is 41.2 Å². The molecule has 1 unspecified atom stereocenters. The Hall–Kier alpha value is -3.58. The molecule has 2 heterocycles. The molecule has 6 heteroatoms. The van der Waals surface area contributed by atoms with E-state index in [0.29, 0.717) is 25.8 Å². The molecular formula is C31H32N2O4. The Morgan fingerprint density at radius 1 is 0.649 bits per heavy atom. The van der Waals surface area contributed by atoms with Crippen LogP contribution in [0.25, 0.3) is 0 Å². The number of hydrogen-bond donors (Lipinski definition) is 0. The summed E-state index contributed by atoms with van der Waals surface area (Å²) in [5.41, 5.74) is 4.12. The molecule has 0 bridgehead atoms. The molecule has 1 fully saturated rings. The third-order valence-corrected chi connectivity index (χ3v) is 6.47. The van der Waals surface area contributed by atoms with Gasteiger partial charge in [0.2, 0.25) is 0 Å². The maximum absolute atomic E-state index is 6.50. The van der Waals surface area contributed by atoms with Crippen LogP contribution in [0.15, 0.2) is 103 Å². The van der Waals surface area contributed by atoms with Gasteiger partial charge in [-0.05, 0) is 23.1 Å². The highest BCUT2D eigenvalue weighted by molar-refractivity contribution is 5.19. The van der Waals surface area contributed by atoms with E-state index in [1.165, 1.54) is 0 Å². The van der Waals surface area contributed by atoms with Gasteiger partial charge in [-0.2, -0.15) is 0 Å². The molecule has 6 nitrogen and oxygen atoms in total. The van der Waals surface area contributed by atoms with Crippen molar-refractivity contribution in [2.45, 2.75) is 57.6 Å². The Bertz CT molecular complexity index is 1210. The molecule has 1 saturated heterocycles. The van der Waals surface area contributed by atoms with Crippen LogP contribution in [-0.2, 0) is 34.0 Å². The third-order valence-electron chi connectivity index (χ3n) is 6.47. The van der Waals surface area contributed by atoms with Crippen LogP contribution in [0.4, 0.5) is 0 Å². The van der Waals surface area contributed by atoms with E-state index in [4.69, 9.17) is 18.9 Å². The van der Waals surface area contributed by atoms with Crippen LogP contribution >= 0.6 is 0 Å². The second-order valence-corrected chi connectivity index (χ2v) is 9.10. The summed E-state index contributed by atoms with van der Waals surface area (Å²) in [7, 11) is 0. The van der Waals surface area contributed by atoms with Gasteiger partial charge in [-0.15, -0.1) is 0 Å². The minimum absolute atomic E-state index is 0.108. The zero-order valence-corrected chi connectivity index (χ0v) is 21.0. The molecule has 0 N–H and O–H groups in total. The highest BCUT2D eigenvalue weighted by Gasteiger charge is 2.46. The van der Waals surface area contributed by atoms with E-state index in [9.17, 15) is 0 Å². The van der Waals surface area contributed by atoms with Gasteiger partial charge in [0.25, 0.3) is 0 Å². The second-order valence-electron chi connectivity index (χ2n) is 9.10. The maximum Gasteiger partial charge on any atom is 0.316 e. The number of rotatable bonds is 11. The van der Waals surface area contributed by atoms with Crippen molar-refractivity contribution in [3.05, 3.63) is 126 Å². The quantitative estimate of drug-likeness (QED) is 0.251. The van der Waals surface area contributed by atoms with Gasteiger partial charge in [0.15, 0.2) is 0 Å². The molecule has 1 aromatic heterocycles. The summed E-state index contributed by atoms with van der Waals surface area (Å²) < 4.78 is 25.2. The summed E-state index contributed by atoms with van der Waals surface area (Å²) in [6, 6.07) is 30.6. The highest BCUT2D eigenvalue weighted by Crippen LogP contribution is 2.39. The average Bonchev–Trinajstić information content (AvgIpc) is 3.33. The standard InChI is InChI=1S/C31H32N2O4/c1-2-27-29(34-20-23-12-6-3-7-13-23)30(35-21-24-14-8-4-9-15-24)28(37-27)26-18-32-31(33-19-26)36-22-25-16-10-5-11-17-25/h3-19,27-30H,2,20-22H2,1H3/t27-,28+,29?,30-/m1/s1. The molecule has 0 aliphatic carbocycles. The van der Waals surface area contributed by atoms with Crippen LogP contribution in [0.2, 0.25) is 0 Å². The Balaban J connectivity index is 1.32. The van der Waals surface area contributed by atoms with Crippen molar-refractivity contribution in [1.29, 1.82) is 0 Å². The summed E-state index contributed by atoms with van der Waals surface area (Å²) in [5.74, 6) is 0. The highest BCUT2D eigenvalue weighted by atomic mass is 16.6. The topological polar surface area (TPSA) is 62.7 Å². The van der Waals surface area contributed by atoms with Gasteiger partial charge in [-0.3, -0.25) is 0 Å². The second kappa shape index (κ2) is 12.6. The number of hydrogen-bond acceptors (Lipinski definition) is 6. The lowest BCUT2D eigenvalue weighted by molar-refractivity contribution is -0.0794. The molecular weight excluding hydrogens is 464 g/mol. The van der Waals surface area contributed by atoms with Crippen molar-refractivity contribution in [2.24, 2.45) is 0 Å². The van der Waals surface area contributed by atoms with E-state index in [1.54, 1.807) is 12.4 Å². The van der Waals surface area contributed by atoms with Gasteiger partial charge in [0.05, 0.1) is 19.3 Å². The fraction of sp³-hybridized carbons (Fsp3) is 0.290. The minimum atomic E-state index is -0.349. The molecule has 190 valence electrons. The zero-order valence-electron chi connectivity index (χ0n) is 21.0. The number of nitrogens with zero attached hydrogens (tertiary/aromatic N) is 2. The van der Waals surface area contributed by atoms with Crippen molar-refractivity contribution in [2.75, 3.05) is 0 Å². The van der Waals surface area contributed by atoms with E-state index < -0.39 is 0 Å². The fourth-order valence-corrected chi connectivity index (χ4v) is 4.51. The maximum atomic E-state index is 6.50. The Morgan fingerprint density at radius 2 is 1.14 bits per heavy atom. The SMILES string of the molecule is CC[C@H]1O[C@@H](c2cnc(OCc3ccccc3)nc2)[C@@H](OCc2ccccc2)C1OCc1ccccc1. The lowest BCUT2D eigenvalue weighted by Crippen LogP contribution is -2.35. The fourth-order valence-electron chi connectivity index (χ4n) is 4.51. The molecule has 1 aliphatic heterocycles. The van der Waals surface area contributed by atoms with E-state index in [0.717, 1.165) is 28.7 Å². The lowest BCUT2D eigenvalue weighted by atomic mass is 10.0. The summed E-state index contributed by atoms with van der Waals surface area (Å²) >= 11 is 0. The summed E-state index contributed by atoms with van der Waals surface area (Å²) in [6.45, 7) is 3.48. The van der Waals surface area contributed by atoms with Gasteiger partial charge in [-0.1, -0.05) is 97.9 Å². The first-order chi connectivity index (χ1) is 18.3. The van der Waals surface area contributed by atoms with Gasteiger partial charge >= 0.3 is 6.01 Å². The third kappa shape index (κ3) is 6.60. The van der Waals surface area contributed by atoms with Crippen molar-refractivity contribution in [3.63, 3.8) is 0 Å². The van der Waals surface area contributed by atoms with Crippen molar-refractivity contribution in [1.82, 2.24) is 9.97 Å².